The molecule has 1 aromatic heterocycles. The summed E-state index contributed by atoms with van der Waals surface area (Å²) in [6, 6.07) is 10.2. The van der Waals surface area contributed by atoms with Crippen LogP contribution in [0.5, 0.6) is 0 Å². The molecule has 6 heteroatoms. The summed E-state index contributed by atoms with van der Waals surface area (Å²) in [6.45, 7) is 4.09. The van der Waals surface area contributed by atoms with Crippen LogP contribution in [0.4, 0.5) is 5.00 Å². The molecule has 1 aliphatic carbocycles. The van der Waals surface area contributed by atoms with Crippen molar-refractivity contribution in [1.82, 2.24) is 0 Å². The number of likely N-dealkylation sites (N-methyl/N-ethyl adjacent to an activating group) is 1. The first-order valence-corrected chi connectivity index (χ1v) is 10.0. The third-order valence-corrected chi connectivity index (χ3v) is 6.09. The summed E-state index contributed by atoms with van der Waals surface area (Å²) in [5.74, 6) is -0.512. The molecule has 3 rings (SSSR count). The second-order valence-electron chi connectivity index (χ2n) is 6.77. The Morgan fingerprint density at radius 2 is 1.92 bits per heavy atom. The van der Waals surface area contributed by atoms with Crippen LogP contribution >= 0.6 is 11.3 Å². The van der Waals surface area contributed by atoms with E-state index < -0.39 is 5.91 Å². The number of fused-ring (bicyclic) bond motifs is 1. The molecule has 0 saturated heterocycles. The van der Waals surface area contributed by atoms with Gasteiger partial charge in [0.1, 0.15) is 11.5 Å². The lowest BCUT2D eigenvalue weighted by molar-refractivity contribution is -0.903. The maximum Gasteiger partial charge on any atom is 0.280 e. The summed E-state index contributed by atoms with van der Waals surface area (Å²) in [7, 11) is 0. The minimum atomic E-state index is -0.441. The number of hydrogen-bond acceptors (Lipinski definition) is 3. The van der Waals surface area contributed by atoms with Gasteiger partial charge in [-0.15, -0.1) is 11.3 Å². The van der Waals surface area contributed by atoms with Gasteiger partial charge in [-0.1, -0.05) is 30.3 Å². The number of aryl methyl sites for hydroxylation is 1. The van der Waals surface area contributed by atoms with Crippen LogP contribution < -0.4 is 16.0 Å². The predicted octanol–water partition coefficient (Wildman–Crippen LogP) is 1.77. The molecular weight excluding hydrogens is 346 g/mol. The molecule has 0 fully saturated rings. The first-order valence-electron chi connectivity index (χ1n) is 9.20. The van der Waals surface area contributed by atoms with Gasteiger partial charge in [-0.25, -0.2) is 0 Å². The number of primary amides is 1. The van der Waals surface area contributed by atoms with Gasteiger partial charge in [0.05, 0.1) is 12.1 Å². The van der Waals surface area contributed by atoms with Crippen LogP contribution in [0.2, 0.25) is 0 Å². The van der Waals surface area contributed by atoms with Crippen LogP contribution in [0.25, 0.3) is 0 Å². The van der Waals surface area contributed by atoms with Crippen molar-refractivity contribution in [2.45, 2.75) is 39.2 Å². The average molecular weight is 373 g/mol. The minimum Gasteiger partial charge on any atom is -0.365 e. The standard InChI is InChI=1S/C20H25N3O2S/c1-2-23(12-14-8-4-3-5-9-14)13-17(24)22-20-18(19(21)25)15-10-6-7-11-16(15)26-20/h3-5,8-9H,2,6-7,10-13H2,1H3,(H2,21,25)(H,22,24)/p+1. The summed E-state index contributed by atoms with van der Waals surface area (Å²) in [5, 5.41) is 3.59. The molecule has 1 heterocycles. The van der Waals surface area contributed by atoms with Crippen LogP contribution in [0.1, 0.15) is 46.1 Å². The number of carbonyl (C=O) groups excluding carboxylic acids is 2. The van der Waals surface area contributed by atoms with Crippen molar-refractivity contribution in [2.75, 3.05) is 18.4 Å². The lowest BCUT2D eigenvalue weighted by atomic mass is 9.95. The smallest absolute Gasteiger partial charge is 0.280 e. The van der Waals surface area contributed by atoms with Crippen molar-refractivity contribution in [2.24, 2.45) is 5.73 Å². The maximum absolute atomic E-state index is 12.6. The topological polar surface area (TPSA) is 76.6 Å². The Bertz CT molecular complexity index is 786. The monoisotopic (exact) mass is 372 g/mol. The molecule has 0 aliphatic heterocycles. The number of rotatable bonds is 7. The van der Waals surface area contributed by atoms with Crippen molar-refractivity contribution in [1.29, 1.82) is 0 Å². The van der Waals surface area contributed by atoms with Gasteiger partial charge in [0.2, 0.25) is 0 Å². The third kappa shape index (κ3) is 4.31. The number of benzene rings is 1. The van der Waals surface area contributed by atoms with Gasteiger partial charge in [0.25, 0.3) is 11.8 Å². The molecule has 0 radical (unpaired) electrons. The predicted molar refractivity (Wildman–Crippen MR) is 105 cm³/mol. The fourth-order valence-electron chi connectivity index (χ4n) is 3.51. The summed E-state index contributed by atoms with van der Waals surface area (Å²) in [4.78, 5) is 26.9. The fraction of sp³-hybridized carbons (Fsp3) is 0.400. The van der Waals surface area contributed by atoms with E-state index in [1.165, 1.54) is 26.7 Å². The highest BCUT2D eigenvalue weighted by molar-refractivity contribution is 7.17. The number of carbonyl (C=O) groups is 2. The normalized spacial score (nSPS) is 14.5. The molecule has 0 saturated carbocycles. The van der Waals surface area contributed by atoms with Gasteiger partial charge in [-0.3, -0.25) is 9.59 Å². The Hall–Kier alpha value is -2.18. The molecule has 1 unspecified atom stereocenters. The number of nitrogens with two attached hydrogens (primary N) is 1. The molecule has 0 bridgehead atoms. The number of thiophene rings is 1. The molecule has 1 aliphatic rings. The van der Waals surface area contributed by atoms with Gasteiger partial charge in [0, 0.05) is 10.4 Å². The van der Waals surface area contributed by atoms with Gasteiger partial charge < -0.3 is 16.0 Å². The highest BCUT2D eigenvalue weighted by atomic mass is 32.1. The van der Waals surface area contributed by atoms with Crippen molar-refractivity contribution >= 4 is 28.2 Å². The Labute approximate surface area is 158 Å². The SMILES string of the molecule is CC[NH+](CC(=O)Nc1sc2c(c1C(N)=O)CCCC2)Cc1ccccc1. The molecule has 1 aromatic carbocycles. The molecule has 0 spiro atoms. The molecule has 1 atom stereocenters. The Morgan fingerprint density at radius 1 is 1.19 bits per heavy atom. The average Bonchev–Trinajstić information content (AvgIpc) is 2.99. The van der Waals surface area contributed by atoms with Crippen LogP contribution in [-0.4, -0.2) is 24.9 Å². The molecular formula is C20H26N3O2S+. The third-order valence-electron chi connectivity index (χ3n) is 4.88. The summed E-state index contributed by atoms with van der Waals surface area (Å²) in [5.41, 5.74) is 8.39. The highest BCUT2D eigenvalue weighted by Gasteiger charge is 2.25. The zero-order valence-corrected chi connectivity index (χ0v) is 16.0. The number of nitrogens with one attached hydrogen (secondary N) is 2. The second-order valence-corrected chi connectivity index (χ2v) is 7.88. The minimum absolute atomic E-state index is 0.0705. The van der Waals surface area contributed by atoms with E-state index in [9.17, 15) is 9.59 Å². The molecule has 26 heavy (non-hydrogen) atoms. The first kappa shape index (κ1) is 18.6. The zero-order chi connectivity index (χ0) is 18.5. The van der Waals surface area contributed by atoms with Crippen molar-refractivity contribution in [3.05, 3.63) is 51.9 Å². The van der Waals surface area contributed by atoms with Gasteiger partial charge in [-0.2, -0.15) is 0 Å². The Kier molecular flexibility index (Phi) is 6.06. The van der Waals surface area contributed by atoms with Crippen LogP contribution in [0.3, 0.4) is 0 Å². The van der Waals surface area contributed by atoms with Crippen molar-refractivity contribution in [3.63, 3.8) is 0 Å². The largest absolute Gasteiger partial charge is 0.365 e. The van der Waals surface area contributed by atoms with Gasteiger partial charge in [-0.05, 0) is 38.2 Å². The molecule has 4 N–H and O–H groups in total. The second kappa shape index (κ2) is 8.47. The molecule has 138 valence electrons. The first-order chi connectivity index (χ1) is 12.6. The Morgan fingerprint density at radius 3 is 2.62 bits per heavy atom. The molecule has 2 aromatic rings. The van der Waals surface area contributed by atoms with E-state index in [1.807, 2.05) is 18.2 Å². The quantitative estimate of drug-likeness (QED) is 0.693. The number of amides is 2. The van der Waals surface area contributed by atoms with Gasteiger partial charge in [0.15, 0.2) is 6.54 Å². The van der Waals surface area contributed by atoms with Crippen molar-refractivity contribution in [3.8, 4) is 0 Å². The number of hydrogen-bond donors (Lipinski definition) is 3. The Balaban J connectivity index is 1.69. The lowest BCUT2D eigenvalue weighted by Gasteiger charge is -2.17. The van der Waals surface area contributed by atoms with E-state index in [0.717, 1.165) is 44.3 Å². The molecule has 2 amide bonds. The van der Waals surface area contributed by atoms with Crippen molar-refractivity contribution < 1.29 is 14.5 Å². The maximum atomic E-state index is 12.6. The fourth-order valence-corrected chi connectivity index (χ4v) is 4.82. The van der Waals surface area contributed by atoms with E-state index in [2.05, 4.69) is 24.4 Å². The summed E-state index contributed by atoms with van der Waals surface area (Å²) >= 11 is 1.52. The lowest BCUT2D eigenvalue weighted by Crippen LogP contribution is -3.11. The number of quaternary nitrogens is 1. The number of anilines is 1. The van der Waals surface area contributed by atoms with E-state index in [4.69, 9.17) is 5.73 Å². The highest BCUT2D eigenvalue weighted by Crippen LogP contribution is 2.37. The van der Waals surface area contributed by atoms with Crippen LogP contribution in [0, 0.1) is 0 Å². The van der Waals surface area contributed by atoms with E-state index >= 15 is 0 Å². The van der Waals surface area contributed by atoms with Crippen LogP contribution in [0.15, 0.2) is 30.3 Å². The summed E-state index contributed by atoms with van der Waals surface area (Å²) in [6.07, 6.45) is 4.04. The zero-order valence-electron chi connectivity index (χ0n) is 15.1. The van der Waals surface area contributed by atoms with E-state index in [0.29, 0.717) is 17.1 Å². The van der Waals surface area contributed by atoms with E-state index in [1.54, 1.807) is 0 Å². The molecule has 5 nitrogen and oxygen atoms in total. The summed E-state index contributed by atoms with van der Waals surface area (Å²) < 4.78 is 0. The van der Waals surface area contributed by atoms with E-state index in [-0.39, 0.29) is 5.91 Å². The van der Waals surface area contributed by atoms with Crippen LogP contribution in [-0.2, 0) is 24.2 Å². The van der Waals surface area contributed by atoms with Gasteiger partial charge >= 0.3 is 0 Å².